The first kappa shape index (κ1) is 7.66. The summed E-state index contributed by atoms with van der Waals surface area (Å²) in [6.45, 7) is 8.41. The zero-order valence-electron chi connectivity index (χ0n) is 8.62. The van der Waals surface area contributed by atoms with Crippen LogP contribution in [0.15, 0.2) is 18.3 Å². The number of hydrogen-bond acceptors (Lipinski definition) is 0. The van der Waals surface area contributed by atoms with Crippen molar-refractivity contribution < 1.29 is 0 Å². The van der Waals surface area contributed by atoms with E-state index in [1.807, 2.05) is 0 Å². The third kappa shape index (κ3) is 0.877. The Labute approximate surface area is 79.8 Å². The summed E-state index contributed by atoms with van der Waals surface area (Å²) in [6, 6.07) is 4.49. The fourth-order valence-electron chi connectivity index (χ4n) is 3.31. The summed E-state index contributed by atoms with van der Waals surface area (Å²) < 4.78 is 2.43. The van der Waals surface area contributed by atoms with E-state index < -0.39 is 0 Å². The fourth-order valence-corrected chi connectivity index (χ4v) is 3.31. The summed E-state index contributed by atoms with van der Waals surface area (Å²) in [5.41, 5.74) is 2.09. The fraction of sp³-hybridized carbons (Fsp3) is 0.667. The molecule has 3 atom stereocenters. The summed E-state index contributed by atoms with van der Waals surface area (Å²) in [5.74, 6) is 2.78. The first-order chi connectivity index (χ1) is 6.09. The number of rotatable bonds is 0. The minimum absolute atomic E-state index is 0.505. The molecule has 0 aromatic carbocycles. The minimum Gasteiger partial charge on any atom is -0.351 e. The monoisotopic (exact) mass is 175 g/mol. The Kier molecular flexibility index (Phi) is 1.19. The molecule has 1 aromatic heterocycles. The normalized spacial score (nSPS) is 35.8. The van der Waals surface area contributed by atoms with Crippen molar-refractivity contribution in [1.29, 1.82) is 0 Å². The van der Waals surface area contributed by atoms with E-state index >= 15 is 0 Å². The van der Waals surface area contributed by atoms with E-state index in [9.17, 15) is 0 Å². The van der Waals surface area contributed by atoms with Crippen molar-refractivity contribution in [2.24, 2.45) is 17.3 Å². The molecule has 0 bridgehead atoms. The topological polar surface area (TPSA) is 4.93 Å². The van der Waals surface area contributed by atoms with E-state index in [0.717, 1.165) is 17.8 Å². The maximum absolute atomic E-state index is 2.43. The Balaban J connectivity index is 1.93. The number of nitrogens with zero attached hydrogens (tertiary/aromatic N) is 1. The summed E-state index contributed by atoms with van der Waals surface area (Å²) in [4.78, 5) is 0. The van der Waals surface area contributed by atoms with Gasteiger partial charge in [-0.2, -0.15) is 0 Å². The van der Waals surface area contributed by atoms with Gasteiger partial charge in [0.15, 0.2) is 0 Å². The molecule has 0 N–H and O–H groups in total. The van der Waals surface area contributed by atoms with Crippen LogP contribution < -0.4 is 0 Å². The van der Waals surface area contributed by atoms with E-state index in [-0.39, 0.29) is 0 Å². The minimum atomic E-state index is 0.505. The molecular formula is C12H17N. The number of aromatic nitrogens is 1. The molecule has 2 aliphatic rings. The molecule has 0 saturated heterocycles. The molecule has 0 spiro atoms. The van der Waals surface area contributed by atoms with E-state index in [1.54, 1.807) is 5.69 Å². The highest BCUT2D eigenvalue weighted by Crippen LogP contribution is 2.65. The van der Waals surface area contributed by atoms with Crippen LogP contribution in [-0.4, -0.2) is 4.57 Å². The van der Waals surface area contributed by atoms with Gasteiger partial charge in [-0.25, -0.2) is 0 Å². The smallest absolute Gasteiger partial charge is 0.0260 e. The van der Waals surface area contributed by atoms with E-state index in [4.69, 9.17) is 0 Å². The van der Waals surface area contributed by atoms with Gasteiger partial charge in [0.1, 0.15) is 0 Å². The first-order valence-corrected chi connectivity index (χ1v) is 5.24. The molecule has 2 heterocycles. The maximum Gasteiger partial charge on any atom is 0.0260 e. The molecule has 0 amide bonds. The van der Waals surface area contributed by atoms with Gasteiger partial charge >= 0.3 is 0 Å². The van der Waals surface area contributed by atoms with Crippen molar-refractivity contribution in [2.75, 3.05) is 0 Å². The van der Waals surface area contributed by atoms with Crippen LogP contribution in [0.2, 0.25) is 0 Å². The van der Waals surface area contributed by atoms with Gasteiger partial charge in [-0.15, -0.1) is 0 Å². The van der Waals surface area contributed by atoms with Crippen LogP contribution in [0.1, 0.15) is 32.4 Å². The third-order valence-electron chi connectivity index (χ3n) is 3.78. The molecule has 1 saturated carbocycles. The average Bonchev–Trinajstić information content (AvgIpc) is 2.39. The molecule has 13 heavy (non-hydrogen) atoms. The molecule has 3 rings (SSSR count). The number of hydrogen-bond donors (Lipinski definition) is 0. The average molecular weight is 175 g/mol. The molecule has 1 nitrogen and oxygen atoms in total. The van der Waals surface area contributed by atoms with Crippen LogP contribution >= 0.6 is 0 Å². The molecular weight excluding hydrogens is 158 g/mol. The quantitative estimate of drug-likeness (QED) is 0.571. The van der Waals surface area contributed by atoms with Gasteiger partial charge in [-0.05, 0) is 29.4 Å². The zero-order chi connectivity index (χ0) is 9.22. The maximum atomic E-state index is 2.43. The third-order valence-corrected chi connectivity index (χ3v) is 3.78. The van der Waals surface area contributed by atoms with Crippen LogP contribution in [0.5, 0.6) is 0 Å². The molecule has 1 heteroatoms. The molecule has 1 aliphatic carbocycles. The van der Waals surface area contributed by atoms with Gasteiger partial charge in [0.2, 0.25) is 0 Å². The van der Waals surface area contributed by atoms with Crippen LogP contribution in [0.3, 0.4) is 0 Å². The Morgan fingerprint density at radius 1 is 1.38 bits per heavy atom. The van der Waals surface area contributed by atoms with Gasteiger partial charge in [-0.3, -0.25) is 0 Å². The lowest BCUT2D eigenvalue weighted by Gasteiger charge is -2.21. The summed E-state index contributed by atoms with van der Waals surface area (Å²) in [7, 11) is 0. The van der Waals surface area contributed by atoms with Crippen molar-refractivity contribution in [3.05, 3.63) is 24.0 Å². The molecule has 1 aromatic rings. The standard InChI is InChI=1S/C12H17N/c1-12(2,3)11-8-7-13-6-4-5-9(13)10(8)11/h4-6,8,10-11H,7H2,1-3H3/t8?,10?,11-/m1/s1. The second-order valence-corrected chi connectivity index (χ2v) is 5.67. The molecule has 0 radical (unpaired) electrons. The van der Waals surface area contributed by atoms with Crippen molar-refractivity contribution in [2.45, 2.75) is 33.2 Å². The SMILES string of the molecule is CC(C)(C)[C@@H]1C2Cn3cccc3C21. The van der Waals surface area contributed by atoms with Crippen LogP contribution in [0.4, 0.5) is 0 Å². The Hall–Kier alpha value is -0.720. The van der Waals surface area contributed by atoms with Crippen LogP contribution in [-0.2, 0) is 6.54 Å². The highest BCUT2D eigenvalue weighted by atomic mass is 15.0. The summed E-state index contributed by atoms with van der Waals surface area (Å²) >= 11 is 0. The predicted molar refractivity (Wildman–Crippen MR) is 53.6 cm³/mol. The highest BCUT2D eigenvalue weighted by Gasteiger charge is 2.60. The largest absolute Gasteiger partial charge is 0.351 e. The lowest BCUT2D eigenvalue weighted by Crippen LogP contribution is -2.14. The Bertz CT molecular complexity index is 342. The van der Waals surface area contributed by atoms with E-state index in [1.165, 1.54) is 6.54 Å². The molecule has 70 valence electrons. The summed E-state index contributed by atoms with van der Waals surface area (Å²) in [5, 5.41) is 0. The van der Waals surface area contributed by atoms with Gasteiger partial charge in [0, 0.05) is 24.4 Å². The van der Waals surface area contributed by atoms with Gasteiger partial charge < -0.3 is 4.57 Å². The van der Waals surface area contributed by atoms with Crippen molar-refractivity contribution in [3.8, 4) is 0 Å². The summed E-state index contributed by atoms with van der Waals surface area (Å²) in [6.07, 6.45) is 2.22. The lowest BCUT2D eigenvalue weighted by atomic mass is 9.87. The van der Waals surface area contributed by atoms with Crippen LogP contribution in [0.25, 0.3) is 0 Å². The second kappa shape index (κ2) is 2.02. The van der Waals surface area contributed by atoms with Crippen molar-refractivity contribution in [1.82, 2.24) is 4.57 Å². The highest BCUT2D eigenvalue weighted by molar-refractivity contribution is 5.30. The van der Waals surface area contributed by atoms with Crippen molar-refractivity contribution in [3.63, 3.8) is 0 Å². The van der Waals surface area contributed by atoms with Gasteiger partial charge in [-0.1, -0.05) is 20.8 Å². The first-order valence-electron chi connectivity index (χ1n) is 5.24. The predicted octanol–water partition coefficient (Wildman–Crippen LogP) is 2.88. The number of fused-ring (bicyclic) bond motifs is 3. The Morgan fingerprint density at radius 3 is 2.85 bits per heavy atom. The Morgan fingerprint density at radius 2 is 2.15 bits per heavy atom. The lowest BCUT2D eigenvalue weighted by molar-refractivity contribution is 0.309. The molecule has 1 fully saturated rings. The van der Waals surface area contributed by atoms with E-state index in [0.29, 0.717) is 5.41 Å². The second-order valence-electron chi connectivity index (χ2n) is 5.67. The van der Waals surface area contributed by atoms with E-state index in [2.05, 4.69) is 43.7 Å². The van der Waals surface area contributed by atoms with Gasteiger partial charge in [0.05, 0.1) is 0 Å². The molecule has 2 unspecified atom stereocenters. The van der Waals surface area contributed by atoms with Crippen LogP contribution in [0, 0.1) is 17.3 Å². The molecule has 1 aliphatic heterocycles. The van der Waals surface area contributed by atoms with Gasteiger partial charge in [0.25, 0.3) is 0 Å². The zero-order valence-corrected chi connectivity index (χ0v) is 8.62. The van der Waals surface area contributed by atoms with Crippen molar-refractivity contribution >= 4 is 0 Å².